The molecule has 2 aromatic rings. The first-order valence-electron chi connectivity index (χ1n) is 6.10. The van der Waals surface area contributed by atoms with Crippen LogP contribution < -0.4 is 5.73 Å². The van der Waals surface area contributed by atoms with Gasteiger partial charge in [-0.1, -0.05) is 12.1 Å². The Labute approximate surface area is 112 Å². The molecule has 5 heteroatoms. The van der Waals surface area contributed by atoms with Crippen molar-refractivity contribution in [2.75, 3.05) is 19.8 Å². The zero-order chi connectivity index (χ0) is 14.0. The highest BCUT2D eigenvalue weighted by Crippen LogP contribution is 2.21. The van der Waals surface area contributed by atoms with Crippen LogP contribution in [0.3, 0.4) is 0 Å². The van der Waals surface area contributed by atoms with E-state index in [9.17, 15) is 4.79 Å². The number of carbonyl (C=O) groups is 1. The average Bonchev–Trinajstić information content (AvgIpc) is 2.87. The van der Waals surface area contributed by atoms with Gasteiger partial charge >= 0.3 is 0 Å². The van der Waals surface area contributed by atoms with E-state index in [-0.39, 0.29) is 11.9 Å². The number of nitrogens with zero attached hydrogens (tertiary/aromatic N) is 3. The molecule has 0 saturated heterocycles. The van der Waals surface area contributed by atoms with Gasteiger partial charge in [-0.2, -0.15) is 5.10 Å². The molecule has 0 saturated carbocycles. The molecule has 0 aliphatic carbocycles. The second kappa shape index (κ2) is 5.14. The standard InChI is InChI=1S/C14H18N4O/c1-10(14(19)17(2)3)18-9-12(8-16-18)11-4-6-13(15)7-5-11/h4-10H,15H2,1-3H3. The molecule has 1 atom stereocenters. The van der Waals surface area contributed by atoms with Gasteiger partial charge in [-0.05, 0) is 24.6 Å². The van der Waals surface area contributed by atoms with Gasteiger partial charge < -0.3 is 10.6 Å². The molecule has 1 heterocycles. The summed E-state index contributed by atoms with van der Waals surface area (Å²) in [4.78, 5) is 13.4. The summed E-state index contributed by atoms with van der Waals surface area (Å²) in [5.41, 5.74) is 8.39. The Balaban J connectivity index is 2.24. The van der Waals surface area contributed by atoms with E-state index in [0.29, 0.717) is 0 Å². The topological polar surface area (TPSA) is 64.2 Å². The molecule has 0 aliphatic heterocycles. The van der Waals surface area contributed by atoms with Crippen molar-refractivity contribution in [2.24, 2.45) is 0 Å². The van der Waals surface area contributed by atoms with Gasteiger partial charge in [0.1, 0.15) is 6.04 Å². The summed E-state index contributed by atoms with van der Waals surface area (Å²) in [5, 5.41) is 4.26. The molecule has 5 nitrogen and oxygen atoms in total. The Morgan fingerprint density at radius 2 is 1.89 bits per heavy atom. The number of nitrogens with two attached hydrogens (primary N) is 1. The third-order valence-electron chi connectivity index (χ3n) is 3.04. The van der Waals surface area contributed by atoms with Crippen LogP contribution >= 0.6 is 0 Å². The van der Waals surface area contributed by atoms with Crippen molar-refractivity contribution in [3.63, 3.8) is 0 Å². The number of amides is 1. The normalized spacial score (nSPS) is 12.2. The lowest BCUT2D eigenvalue weighted by Crippen LogP contribution is -2.30. The number of aromatic nitrogens is 2. The minimum atomic E-state index is -0.308. The van der Waals surface area contributed by atoms with E-state index in [1.54, 1.807) is 29.9 Å². The Bertz CT molecular complexity index is 571. The Morgan fingerprint density at radius 3 is 2.47 bits per heavy atom. The molecule has 0 spiro atoms. The van der Waals surface area contributed by atoms with Crippen molar-refractivity contribution >= 4 is 11.6 Å². The minimum absolute atomic E-state index is 0.0203. The lowest BCUT2D eigenvalue weighted by atomic mass is 10.1. The van der Waals surface area contributed by atoms with Crippen LogP contribution in [0.5, 0.6) is 0 Å². The van der Waals surface area contributed by atoms with Crippen LogP contribution in [-0.2, 0) is 4.79 Å². The van der Waals surface area contributed by atoms with Gasteiger partial charge in [0.2, 0.25) is 5.91 Å². The molecule has 2 rings (SSSR count). The Kier molecular flexibility index (Phi) is 3.55. The highest BCUT2D eigenvalue weighted by Gasteiger charge is 2.17. The SMILES string of the molecule is CC(C(=O)N(C)C)n1cc(-c2ccc(N)cc2)cn1. The number of hydrogen-bond acceptors (Lipinski definition) is 3. The predicted molar refractivity (Wildman–Crippen MR) is 75.5 cm³/mol. The fourth-order valence-corrected chi connectivity index (χ4v) is 1.86. The number of nitrogen functional groups attached to an aromatic ring is 1. The van der Waals surface area contributed by atoms with Gasteiger partial charge in [0, 0.05) is 31.5 Å². The molecule has 1 aromatic heterocycles. The monoisotopic (exact) mass is 258 g/mol. The third-order valence-corrected chi connectivity index (χ3v) is 3.04. The summed E-state index contributed by atoms with van der Waals surface area (Å²) in [5.74, 6) is 0.0203. The molecular weight excluding hydrogens is 240 g/mol. The van der Waals surface area contributed by atoms with Gasteiger partial charge in [-0.3, -0.25) is 9.48 Å². The average molecular weight is 258 g/mol. The van der Waals surface area contributed by atoms with Crippen molar-refractivity contribution in [1.82, 2.24) is 14.7 Å². The van der Waals surface area contributed by atoms with Crippen LogP contribution in [0.15, 0.2) is 36.7 Å². The fourth-order valence-electron chi connectivity index (χ4n) is 1.86. The zero-order valence-corrected chi connectivity index (χ0v) is 11.4. The third kappa shape index (κ3) is 2.76. The Morgan fingerprint density at radius 1 is 1.26 bits per heavy atom. The summed E-state index contributed by atoms with van der Waals surface area (Å²) in [6, 6.07) is 7.27. The molecule has 1 amide bonds. The molecule has 0 radical (unpaired) electrons. The van der Waals surface area contributed by atoms with E-state index in [0.717, 1.165) is 16.8 Å². The van der Waals surface area contributed by atoms with E-state index in [4.69, 9.17) is 5.73 Å². The lowest BCUT2D eigenvalue weighted by molar-refractivity contribution is -0.131. The molecule has 1 unspecified atom stereocenters. The van der Waals surface area contributed by atoms with Crippen molar-refractivity contribution in [3.8, 4) is 11.1 Å². The van der Waals surface area contributed by atoms with Crippen molar-refractivity contribution < 1.29 is 4.79 Å². The maximum Gasteiger partial charge on any atom is 0.246 e. The Hall–Kier alpha value is -2.30. The van der Waals surface area contributed by atoms with Gasteiger partial charge in [0.05, 0.1) is 6.20 Å². The highest BCUT2D eigenvalue weighted by atomic mass is 16.2. The number of hydrogen-bond donors (Lipinski definition) is 1. The number of rotatable bonds is 3. The van der Waals surface area contributed by atoms with E-state index in [1.807, 2.05) is 37.4 Å². The summed E-state index contributed by atoms with van der Waals surface area (Å²) in [6.45, 7) is 1.84. The van der Waals surface area contributed by atoms with Crippen LogP contribution in [0.4, 0.5) is 5.69 Å². The molecule has 0 bridgehead atoms. The van der Waals surface area contributed by atoms with Crippen LogP contribution in [0, 0.1) is 0 Å². The molecule has 0 fully saturated rings. The summed E-state index contributed by atoms with van der Waals surface area (Å²) in [7, 11) is 3.48. The quantitative estimate of drug-likeness (QED) is 0.853. The first-order chi connectivity index (χ1) is 8.99. The van der Waals surface area contributed by atoms with Crippen LogP contribution in [-0.4, -0.2) is 34.7 Å². The summed E-state index contributed by atoms with van der Waals surface area (Å²) >= 11 is 0. The van der Waals surface area contributed by atoms with Crippen LogP contribution in [0.1, 0.15) is 13.0 Å². The van der Waals surface area contributed by atoms with Gasteiger partial charge in [-0.25, -0.2) is 0 Å². The molecule has 0 aliphatic rings. The van der Waals surface area contributed by atoms with Gasteiger partial charge in [0.15, 0.2) is 0 Å². The maximum absolute atomic E-state index is 11.9. The van der Waals surface area contributed by atoms with Gasteiger partial charge in [0.25, 0.3) is 0 Å². The first-order valence-corrected chi connectivity index (χ1v) is 6.10. The number of anilines is 1. The summed E-state index contributed by atoms with van der Waals surface area (Å²) in [6.07, 6.45) is 3.63. The zero-order valence-electron chi connectivity index (χ0n) is 11.4. The number of likely N-dealkylation sites (N-methyl/N-ethyl adjacent to an activating group) is 1. The molecular formula is C14H18N4O. The van der Waals surface area contributed by atoms with Crippen LogP contribution in [0.2, 0.25) is 0 Å². The van der Waals surface area contributed by atoms with E-state index in [1.165, 1.54) is 0 Å². The summed E-state index contributed by atoms with van der Waals surface area (Å²) < 4.78 is 1.67. The second-order valence-electron chi connectivity index (χ2n) is 4.74. The maximum atomic E-state index is 11.9. The van der Waals surface area contributed by atoms with E-state index >= 15 is 0 Å². The van der Waals surface area contributed by atoms with E-state index in [2.05, 4.69) is 5.10 Å². The molecule has 2 N–H and O–H groups in total. The first kappa shape index (κ1) is 13.1. The fraction of sp³-hybridized carbons (Fsp3) is 0.286. The minimum Gasteiger partial charge on any atom is -0.399 e. The predicted octanol–water partition coefficient (Wildman–Crippen LogP) is 1.78. The lowest BCUT2D eigenvalue weighted by Gasteiger charge is -2.16. The largest absolute Gasteiger partial charge is 0.399 e. The molecule has 1 aromatic carbocycles. The molecule has 19 heavy (non-hydrogen) atoms. The second-order valence-corrected chi connectivity index (χ2v) is 4.74. The molecule has 100 valence electrons. The number of carbonyl (C=O) groups excluding carboxylic acids is 1. The smallest absolute Gasteiger partial charge is 0.246 e. The van der Waals surface area contributed by atoms with Crippen molar-refractivity contribution in [2.45, 2.75) is 13.0 Å². The van der Waals surface area contributed by atoms with Gasteiger partial charge in [-0.15, -0.1) is 0 Å². The number of benzene rings is 1. The van der Waals surface area contributed by atoms with Crippen molar-refractivity contribution in [3.05, 3.63) is 36.7 Å². The van der Waals surface area contributed by atoms with E-state index < -0.39 is 0 Å². The van der Waals surface area contributed by atoms with Crippen molar-refractivity contribution in [1.29, 1.82) is 0 Å². The highest BCUT2D eigenvalue weighted by molar-refractivity contribution is 5.79. The van der Waals surface area contributed by atoms with Crippen LogP contribution in [0.25, 0.3) is 11.1 Å².